The zero-order valence-electron chi connectivity index (χ0n) is 16.8. The Morgan fingerprint density at radius 1 is 1.25 bits per heavy atom. The Morgan fingerprint density at radius 3 is 2.64 bits per heavy atom. The molecule has 0 aromatic heterocycles. The zero-order chi connectivity index (χ0) is 20.1. The van der Waals surface area contributed by atoms with Crippen LogP contribution in [-0.2, 0) is 4.79 Å². The van der Waals surface area contributed by atoms with E-state index in [1.54, 1.807) is 25.8 Å². The lowest BCUT2D eigenvalue weighted by atomic mass is 10.1. The van der Waals surface area contributed by atoms with Crippen LogP contribution in [0.3, 0.4) is 0 Å². The van der Waals surface area contributed by atoms with Crippen molar-refractivity contribution in [1.82, 2.24) is 14.9 Å². The van der Waals surface area contributed by atoms with Gasteiger partial charge in [-0.15, -0.1) is 23.5 Å². The molecule has 2 saturated heterocycles. The van der Waals surface area contributed by atoms with Crippen molar-refractivity contribution in [1.29, 1.82) is 0 Å². The Labute approximate surface area is 182 Å². The van der Waals surface area contributed by atoms with Gasteiger partial charge in [0.05, 0.1) is 7.11 Å². The molecule has 2 aliphatic heterocycles. The predicted octanol–water partition coefficient (Wildman–Crippen LogP) is 3.04. The van der Waals surface area contributed by atoms with Gasteiger partial charge < -0.3 is 9.64 Å². The molecule has 0 saturated carbocycles. The third-order valence-corrected chi connectivity index (χ3v) is 8.69. The van der Waals surface area contributed by atoms with Gasteiger partial charge in [0.25, 0.3) is 0 Å². The zero-order valence-corrected chi connectivity index (χ0v) is 19.3. The summed E-state index contributed by atoms with van der Waals surface area (Å²) >= 11 is 9.54. The van der Waals surface area contributed by atoms with Gasteiger partial charge >= 0.3 is 0 Å². The van der Waals surface area contributed by atoms with Crippen molar-refractivity contribution in [3.05, 3.63) is 24.3 Å². The van der Waals surface area contributed by atoms with Gasteiger partial charge in [0.1, 0.15) is 16.4 Å². The molecule has 0 amide bonds. The van der Waals surface area contributed by atoms with Crippen LogP contribution in [0, 0.1) is 0 Å². The maximum Gasteiger partial charge on any atom is 0.134 e. The lowest BCUT2D eigenvalue weighted by Gasteiger charge is -2.46. The first-order chi connectivity index (χ1) is 13.5. The number of carbonyl (C=O) groups is 1. The van der Waals surface area contributed by atoms with E-state index < -0.39 is 0 Å². The van der Waals surface area contributed by atoms with Gasteiger partial charge in [-0.3, -0.25) is 4.79 Å². The number of hydrogen-bond acceptors (Lipinski definition) is 8. The van der Waals surface area contributed by atoms with E-state index in [0.29, 0.717) is 6.42 Å². The van der Waals surface area contributed by atoms with Crippen LogP contribution in [0.5, 0.6) is 5.75 Å². The lowest BCUT2D eigenvalue weighted by molar-refractivity contribution is -0.116. The molecular formula is C20H29N3O2S3. The van der Waals surface area contributed by atoms with E-state index >= 15 is 0 Å². The molecule has 1 aromatic carbocycles. The van der Waals surface area contributed by atoms with Crippen LogP contribution in [0.4, 0.5) is 0 Å². The van der Waals surface area contributed by atoms with E-state index in [1.807, 2.05) is 30.0 Å². The molecule has 1 unspecified atom stereocenters. The SMILES string of the molecule is COc1ccccc1SCC1(C(=S)CC(C)=O)SCCN1N1CCN(C)CC1. The number of thiocarbonyl (C=S) groups is 1. The number of thioether (sulfide) groups is 2. The van der Waals surface area contributed by atoms with E-state index in [9.17, 15) is 4.79 Å². The van der Waals surface area contributed by atoms with Crippen molar-refractivity contribution in [2.45, 2.75) is 23.1 Å². The second-order valence-corrected chi connectivity index (χ2v) is 10.1. The average Bonchev–Trinajstić information content (AvgIpc) is 3.12. The van der Waals surface area contributed by atoms with Gasteiger partial charge in [-0.1, -0.05) is 24.4 Å². The van der Waals surface area contributed by atoms with Crippen molar-refractivity contribution in [2.24, 2.45) is 0 Å². The Morgan fingerprint density at radius 2 is 1.96 bits per heavy atom. The number of likely N-dealkylation sites (N-methyl/N-ethyl adjacent to an activating group) is 1. The summed E-state index contributed by atoms with van der Waals surface area (Å²) in [6.45, 7) is 6.71. The van der Waals surface area contributed by atoms with Gasteiger partial charge in [-0.05, 0) is 26.1 Å². The number of nitrogens with zero attached hydrogens (tertiary/aromatic N) is 3. The first kappa shape index (κ1) is 22.1. The minimum Gasteiger partial charge on any atom is -0.496 e. The van der Waals surface area contributed by atoms with Gasteiger partial charge in [0.2, 0.25) is 0 Å². The Kier molecular flexibility index (Phi) is 7.81. The van der Waals surface area contributed by atoms with Crippen LogP contribution in [0.25, 0.3) is 0 Å². The number of hydrogen-bond donors (Lipinski definition) is 0. The summed E-state index contributed by atoms with van der Waals surface area (Å²) in [5, 5.41) is 4.91. The van der Waals surface area contributed by atoms with E-state index in [4.69, 9.17) is 17.0 Å². The first-order valence-electron chi connectivity index (χ1n) is 9.60. The van der Waals surface area contributed by atoms with Crippen molar-refractivity contribution in [3.8, 4) is 5.75 Å². The largest absolute Gasteiger partial charge is 0.496 e. The highest BCUT2D eigenvalue weighted by molar-refractivity contribution is 8.05. The molecule has 1 aromatic rings. The van der Waals surface area contributed by atoms with E-state index in [2.05, 4.69) is 28.0 Å². The Hall–Kier alpha value is -0.640. The molecule has 0 bridgehead atoms. The van der Waals surface area contributed by atoms with Gasteiger partial charge in [-0.2, -0.15) is 0 Å². The van der Waals surface area contributed by atoms with Crippen molar-refractivity contribution >= 4 is 46.4 Å². The third kappa shape index (κ3) is 4.91. The van der Waals surface area contributed by atoms with Crippen molar-refractivity contribution < 1.29 is 9.53 Å². The molecule has 28 heavy (non-hydrogen) atoms. The first-order valence-corrected chi connectivity index (χ1v) is 12.0. The lowest BCUT2D eigenvalue weighted by Crippen LogP contribution is -2.61. The number of carbonyl (C=O) groups excluding carboxylic acids is 1. The van der Waals surface area contributed by atoms with Crippen LogP contribution >= 0.6 is 35.7 Å². The number of ketones is 1. The highest BCUT2D eigenvalue weighted by Gasteiger charge is 2.48. The monoisotopic (exact) mass is 439 g/mol. The topological polar surface area (TPSA) is 36.0 Å². The van der Waals surface area contributed by atoms with Gasteiger partial charge in [0, 0.05) is 60.4 Å². The smallest absolute Gasteiger partial charge is 0.134 e. The fourth-order valence-electron chi connectivity index (χ4n) is 3.66. The van der Waals surface area contributed by atoms with Crippen LogP contribution in [0.1, 0.15) is 13.3 Å². The van der Waals surface area contributed by atoms with Gasteiger partial charge in [0.15, 0.2) is 0 Å². The Bertz CT molecular complexity index is 710. The number of ether oxygens (including phenoxy) is 1. The quantitative estimate of drug-likeness (QED) is 0.452. The normalized spacial score (nSPS) is 24.4. The van der Waals surface area contributed by atoms with Gasteiger partial charge in [-0.25, -0.2) is 10.0 Å². The van der Waals surface area contributed by atoms with E-state index in [-0.39, 0.29) is 10.7 Å². The molecule has 2 aliphatic rings. The number of hydrazine groups is 1. The number of Topliss-reactive ketones (excluding diaryl/α,β-unsaturated/α-hetero) is 1. The van der Waals surface area contributed by atoms with E-state index in [1.165, 1.54) is 0 Å². The van der Waals surface area contributed by atoms with Crippen LogP contribution < -0.4 is 4.74 Å². The standard InChI is InChI=1S/C20H29N3O2S3/c1-16(24)14-19(26)20(15-27-18-7-5-4-6-17(18)25-3)23(12-13-28-20)22-10-8-21(2)9-11-22/h4-7H,8-15H2,1-3H3. The summed E-state index contributed by atoms with van der Waals surface area (Å²) in [5.41, 5.74) is 0. The highest BCUT2D eigenvalue weighted by Crippen LogP contribution is 2.44. The molecule has 8 heteroatoms. The summed E-state index contributed by atoms with van der Waals surface area (Å²) in [6, 6.07) is 8.10. The summed E-state index contributed by atoms with van der Waals surface area (Å²) < 4.78 is 5.53. The average molecular weight is 440 g/mol. The molecule has 0 radical (unpaired) electrons. The number of methoxy groups -OCH3 is 1. The summed E-state index contributed by atoms with van der Waals surface area (Å²) in [7, 11) is 3.87. The fraction of sp³-hybridized carbons (Fsp3) is 0.600. The number of piperazine rings is 1. The number of rotatable bonds is 8. The molecule has 2 fully saturated rings. The molecule has 154 valence electrons. The molecule has 0 aliphatic carbocycles. The number of benzene rings is 1. The second-order valence-electron chi connectivity index (χ2n) is 7.25. The molecule has 3 rings (SSSR count). The molecule has 0 spiro atoms. The molecule has 1 atom stereocenters. The van der Waals surface area contributed by atoms with Crippen LogP contribution in [-0.4, -0.2) is 88.8 Å². The maximum absolute atomic E-state index is 11.9. The fourth-order valence-corrected chi connectivity index (χ4v) is 7.15. The number of para-hydroxylation sites is 1. The molecule has 5 nitrogen and oxygen atoms in total. The summed E-state index contributed by atoms with van der Waals surface area (Å²) in [5.74, 6) is 2.85. The maximum atomic E-state index is 11.9. The summed E-state index contributed by atoms with van der Waals surface area (Å²) in [6.07, 6.45) is 0.360. The predicted molar refractivity (Wildman–Crippen MR) is 123 cm³/mol. The molecule has 0 N–H and O–H groups in total. The van der Waals surface area contributed by atoms with Crippen molar-refractivity contribution in [3.63, 3.8) is 0 Å². The summed E-state index contributed by atoms with van der Waals surface area (Å²) in [4.78, 5) is 15.9. The molecular weight excluding hydrogens is 410 g/mol. The van der Waals surface area contributed by atoms with E-state index in [0.717, 1.165) is 59.7 Å². The molecule has 2 heterocycles. The minimum atomic E-state index is -0.331. The third-order valence-electron chi connectivity index (χ3n) is 5.22. The second kappa shape index (κ2) is 9.91. The Balaban J connectivity index is 1.84. The highest BCUT2D eigenvalue weighted by atomic mass is 32.2. The van der Waals surface area contributed by atoms with Crippen molar-refractivity contribution in [2.75, 3.05) is 58.4 Å². The van der Waals surface area contributed by atoms with Crippen LogP contribution in [0.15, 0.2) is 29.2 Å². The van der Waals surface area contributed by atoms with Crippen LogP contribution in [0.2, 0.25) is 0 Å². The minimum absolute atomic E-state index is 0.137.